The lowest BCUT2D eigenvalue weighted by atomic mass is 10.1. The molecule has 0 fully saturated rings. The Balaban J connectivity index is 5.43. The fraction of sp³-hybridized carbons (Fsp3) is 0.621. The smallest absolute Gasteiger partial charge is 0.305 e. The van der Waals surface area contributed by atoms with Gasteiger partial charge in [0.2, 0.25) is 23.6 Å². The summed E-state index contributed by atoms with van der Waals surface area (Å²) in [5.74, 6) is -6.62. The van der Waals surface area contributed by atoms with E-state index in [1.54, 1.807) is 0 Å². The molecule has 0 bridgehead atoms. The number of hydrogen-bond acceptors (Lipinski definition) is 14. The van der Waals surface area contributed by atoms with E-state index in [4.69, 9.17) is 16.6 Å². The van der Waals surface area contributed by atoms with Gasteiger partial charge in [-0.2, -0.15) is 0 Å². The van der Waals surface area contributed by atoms with Crippen LogP contribution in [-0.4, -0.2) is 140 Å². The van der Waals surface area contributed by atoms with Crippen LogP contribution in [0.5, 0.6) is 0 Å². The quantitative estimate of drug-likeness (QED) is 0.0129. The van der Waals surface area contributed by atoms with Gasteiger partial charge in [-0.05, 0) is 40.5 Å². The van der Waals surface area contributed by atoms with Crippen molar-refractivity contribution in [3.05, 3.63) is 0 Å². The van der Waals surface area contributed by atoms with Crippen molar-refractivity contribution in [1.29, 1.82) is 0 Å². The van der Waals surface area contributed by atoms with Gasteiger partial charge in [-0.15, -0.1) is 0 Å². The molecule has 0 rings (SSSR count). The number of carboxylic acid groups (broad SMARTS) is 1. The first-order chi connectivity index (χ1) is 24.4. The Morgan fingerprint density at radius 3 is 1.54 bits per heavy atom. The van der Waals surface area contributed by atoms with Gasteiger partial charge in [0, 0.05) is 13.6 Å². The summed E-state index contributed by atoms with van der Waals surface area (Å²) >= 11 is 0. The number of likely N-dealkylation sites (N-methyl/N-ethyl adjacent to an activating group) is 1. The minimum atomic E-state index is -1.71. The highest BCUT2D eigenvalue weighted by atomic mass is 16.4. The summed E-state index contributed by atoms with van der Waals surface area (Å²) in [7, 11) is 1.31. The standard InChI is InChI=1S/C29H50N12O11/c1-14(33-9-10-42)23(47)41-22(39-19(13-44)11-20(45)46)28(52)37-16(3)25(49)35-15(2)24(48)36-17(4)26(50)40-21(27(51)32-5)38-18(12-43)7-6-8-34-29(30)31/h10,12-19,21-22,33,38-39H,6-9,11H2,1-5H3,(H,32,51)(H,35,49)(H,36,48)(H,37,52)(H,40,50)(H,41,47)(H,45,46)(H4,30,31,34)/t14-,15+,16+,17+,18-,19-,21+,22+/m1/s1. The maximum Gasteiger partial charge on any atom is 0.305 e. The second-order valence-electron chi connectivity index (χ2n) is 11.4. The SMILES string of the molecule is CNC(=O)[C@H](NC(=O)[C@H](C)NC(=O)[C@H](C)NC(=O)[C@H](C)NC(=O)[C@H](NC(=O)[C@@H](C)NCC=O)N[C@@H](C=O)CC(=O)O)N[C@@H](C=O)CCCN=C(N)N. The minimum absolute atomic E-state index is 0.126. The van der Waals surface area contributed by atoms with Gasteiger partial charge in [0.25, 0.3) is 11.8 Å². The van der Waals surface area contributed by atoms with Gasteiger partial charge in [-0.25, -0.2) is 0 Å². The van der Waals surface area contributed by atoms with Crippen molar-refractivity contribution in [3.63, 3.8) is 0 Å². The van der Waals surface area contributed by atoms with Gasteiger partial charge in [0.15, 0.2) is 18.3 Å². The second kappa shape index (κ2) is 24.6. The summed E-state index contributed by atoms with van der Waals surface area (Å²) in [5, 5.41) is 30.7. The Bertz CT molecular complexity index is 1310. The maximum atomic E-state index is 13.0. The molecule has 0 aromatic heterocycles. The molecule has 0 radical (unpaired) electrons. The number of aliphatic carboxylic acids is 1. The lowest BCUT2D eigenvalue weighted by Gasteiger charge is -2.26. The van der Waals surface area contributed by atoms with Crippen LogP contribution in [0.3, 0.4) is 0 Å². The van der Waals surface area contributed by atoms with Crippen LogP contribution >= 0.6 is 0 Å². The highest BCUT2D eigenvalue weighted by Crippen LogP contribution is 1.99. The van der Waals surface area contributed by atoms with Crippen molar-refractivity contribution in [2.45, 2.75) is 95.5 Å². The molecule has 8 atom stereocenters. The van der Waals surface area contributed by atoms with Crippen molar-refractivity contribution in [2.24, 2.45) is 16.5 Å². The summed E-state index contributed by atoms with van der Waals surface area (Å²) in [4.78, 5) is 125. The predicted octanol–water partition coefficient (Wildman–Crippen LogP) is -6.85. The third kappa shape index (κ3) is 18.4. The van der Waals surface area contributed by atoms with Gasteiger partial charge in [-0.3, -0.25) is 54.5 Å². The fourth-order valence-electron chi connectivity index (χ4n) is 4.01. The van der Waals surface area contributed by atoms with E-state index in [1.165, 1.54) is 34.7 Å². The molecule has 23 nitrogen and oxygen atoms in total. The number of amides is 6. The molecule has 0 spiro atoms. The average Bonchev–Trinajstić information content (AvgIpc) is 3.09. The molecule has 6 amide bonds. The third-order valence-electron chi connectivity index (χ3n) is 6.95. The van der Waals surface area contributed by atoms with Crippen LogP contribution in [-0.2, 0) is 47.9 Å². The van der Waals surface area contributed by atoms with Crippen molar-refractivity contribution in [1.82, 2.24) is 47.9 Å². The zero-order valence-corrected chi connectivity index (χ0v) is 29.5. The molecule has 0 aliphatic carbocycles. The van der Waals surface area contributed by atoms with E-state index < -0.39 is 96.4 Å². The largest absolute Gasteiger partial charge is 0.481 e. The predicted molar refractivity (Wildman–Crippen MR) is 182 cm³/mol. The Morgan fingerprint density at radius 2 is 1.10 bits per heavy atom. The number of rotatable bonds is 26. The molecule has 0 unspecified atom stereocenters. The Kier molecular flexibility index (Phi) is 22.0. The number of carboxylic acids is 1. The molecule has 0 aromatic carbocycles. The van der Waals surface area contributed by atoms with Crippen molar-refractivity contribution >= 4 is 66.2 Å². The number of aliphatic imine (C=N–C) groups is 1. The first-order valence-electron chi connectivity index (χ1n) is 16.0. The van der Waals surface area contributed by atoms with Crippen molar-refractivity contribution in [3.8, 4) is 0 Å². The monoisotopic (exact) mass is 742 g/mol. The number of carbonyl (C=O) groups is 10. The Morgan fingerprint density at radius 1 is 0.654 bits per heavy atom. The van der Waals surface area contributed by atoms with Crippen LogP contribution < -0.4 is 59.3 Å². The van der Waals surface area contributed by atoms with Gasteiger partial charge < -0.3 is 62.9 Å². The van der Waals surface area contributed by atoms with E-state index in [2.05, 4.69) is 52.8 Å². The molecule has 0 saturated carbocycles. The van der Waals surface area contributed by atoms with E-state index in [0.717, 1.165) is 0 Å². The number of nitrogens with one attached hydrogen (secondary N) is 9. The van der Waals surface area contributed by atoms with Crippen LogP contribution in [0.2, 0.25) is 0 Å². The summed E-state index contributed by atoms with van der Waals surface area (Å²) in [6.45, 7) is 5.21. The molecule has 0 aliphatic rings. The van der Waals surface area contributed by atoms with E-state index in [1.807, 2.05) is 0 Å². The summed E-state index contributed by atoms with van der Waals surface area (Å²) in [6.07, 6.45) is -1.98. The topological polar surface area (TPSA) is 364 Å². The van der Waals surface area contributed by atoms with Crippen LogP contribution in [0.1, 0.15) is 47.0 Å². The highest BCUT2D eigenvalue weighted by molar-refractivity contribution is 5.96. The van der Waals surface area contributed by atoms with Gasteiger partial charge in [-0.1, -0.05) is 0 Å². The highest BCUT2D eigenvalue weighted by Gasteiger charge is 2.31. The Hall–Kier alpha value is -5.55. The van der Waals surface area contributed by atoms with Crippen LogP contribution in [0.25, 0.3) is 0 Å². The number of guanidine groups is 1. The Labute approximate surface area is 299 Å². The second-order valence-corrected chi connectivity index (χ2v) is 11.4. The fourth-order valence-corrected chi connectivity index (χ4v) is 4.01. The normalized spacial score (nSPS) is 15.2. The lowest BCUT2D eigenvalue weighted by molar-refractivity contribution is -0.139. The molecule has 52 heavy (non-hydrogen) atoms. The van der Waals surface area contributed by atoms with Crippen LogP contribution in [0.15, 0.2) is 4.99 Å². The van der Waals surface area contributed by atoms with E-state index >= 15 is 0 Å². The third-order valence-corrected chi connectivity index (χ3v) is 6.95. The number of aldehydes is 3. The summed E-state index contributed by atoms with van der Waals surface area (Å²) < 4.78 is 0. The van der Waals surface area contributed by atoms with E-state index in [0.29, 0.717) is 19.0 Å². The van der Waals surface area contributed by atoms with E-state index in [9.17, 15) is 47.9 Å². The van der Waals surface area contributed by atoms with Gasteiger partial charge in [0.1, 0.15) is 37.0 Å². The van der Waals surface area contributed by atoms with Gasteiger partial charge >= 0.3 is 5.97 Å². The van der Waals surface area contributed by atoms with Crippen molar-refractivity contribution in [2.75, 3.05) is 20.1 Å². The van der Waals surface area contributed by atoms with Crippen LogP contribution in [0.4, 0.5) is 0 Å². The molecule has 14 N–H and O–H groups in total. The molecule has 0 heterocycles. The number of nitrogens with zero attached hydrogens (tertiary/aromatic N) is 1. The molecule has 23 heteroatoms. The minimum Gasteiger partial charge on any atom is -0.481 e. The number of hydrogen-bond donors (Lipinski definition) is 12. The first-order valence-corrected chi connectivity index (χ1v) is 16.0. The lowest BCUT2D eigenvalue weighted by Crippen LogP contribution is -2.63. The number of carbonyl (C=O) groups excluding carboxylic acids is 9. The maximum absolute atomic E-state index is 13.0. The number of nitrogens with two attached hydrogens (primary N) is 2. The summed E-state index contributed by atoms with van der Waals surface area (Å²) in [5.41, 5.74) is 10.5. The van der Waals surface area contributed by atoms with E-state index in [-0.39, 0.29) is 31.8 Å². The van der Waals surface area contributed by atoms with Crippen molar-refractivity contribution < 1.29 is 53.1 Å². The molecule has 0 aromatic rings. The zero-order chi connectivity index (χ0) is 40.0. The van der Waals surface area contributed by atoms with Crippen LogP contribution in [0, 0.1) is 0 Å². The molecule has 0 aliphatic heterocycles. The first kappa shape index (κ1) is 46.4. The molecular weight excluding hydrogens is 692 g/mol. The molecular formula is C29H50N12O11. The molecule has 0 saturated heterocycles. The van der Waals surface area contributed by atoms with Gasteiger partial charge in [0.05, 0.1) is 31.1 Å². The summed E-state index contributed by atoms with van der Waals surface area (Å²) in [6, 6.07) is -7.15. The average molecular weight is 743 g/mol. The molecule has 292 valence electrons. The zero-order valence-electron chi connectivity index (χ0n) is 29.5.